The van der Waals surface area contributed by atoms with E-state index in [1.807, 2.05) is 23.1 Å². The minimum atomic E-state index is -0.801. The molecule has 1 aliphatic carbocycles. The van der Waals surface area contributed by atoms with Crippen molar-refractivity contribution >= 4 is 11.8 Å². The van der Waals surface area contributed by atoms with E-state index in [1.54, 1.807) is 6.20 Å². The Morgan fingerprint density at radius 2 is 2.04 bits per heavy atom. The Balaban J connectivity index is 1.65. The van der Waals surface area contributed by atoms with Crippen LogP contribution in [0.5, 0.6) is 0 Å². The molecule has 1 saturated heterocycles. The van der Waals surface area contributed by atoms with Crippen LogP contribution in [0, 0.1) is 0 Å². The van der Waals surface area contributed by atoms with Crippen LogP contribution in [0.3, 0.4) is 0 Å². The molecule has 1 atom stereocenters. The van der Waals surface area contributed by atoms with Crippen molar-refractivity contribution in [3.05, 3.63) is 30.1 Å². The highest BCUT2D eigenvalue weighted by molar-refractivity contribution is 5.87. The lowest BCUT2D eigenvalue weighted by atomic mass is 9.76. The van der Waals surface area contributed by atoms with Crippen LogP contribution in [0.4, 0.5) is 0 Å². The summed E-state index contributed by atoms with van der Waals surface area (Å²) < 4.78 is 0. The second-order valence-electron chi connectivity index (χ2n) is 7.38. The van der Waals surface area contributed by atoms with Crippen LogP contribution in [-0.2, 0) is 15.0 Å². The van der Waals surface area contributed by atoms with Gasteiger partial charge in [0, 0.05) is 18.8 Å². The lowest BCUT2D eigenvalue weighted by Crippen LogP contribution is -2.56. The maximum Gasteiger partial charge on any atom is 0.234 e. The highest BCUT2D eigenvalue weighted by atomic mass is 16.2. The predicted molar refractivity (Wildman–Crippen MR) is 95.8 cm³/mol. The van der Waals surface area contributed by atoms with Crippen LogP contribution >= 0.6 is 0 Å². The van der Waals surface area contributed by atoms with E-state index >= 15 is 0 Å². The van der Waals surface area contributed by atoms with Gasteiger partial charge in [-0.2, -0.15) is 0 Å². The van der Waals surface area contributed by atoms with Gasteiger partial charge in [-0.1, -0.05) is 25.3 Å². The lowest BCUT2D eigenvalue weighted by molar-refractivity contribution is -0.129. The molecule has 25 heavy (non-hydrogen) atoms. The third-order valence-corrected chi connectivity index (χ3v) is 5.54. The zero-order chi connectivity index (χ0) is 17.7. The Hall–Kier alpha value is -1.95. The Kier molecular flexibility index (Phi) is 5.68. The number of primary amides is 1. The number of nitrogens with zero attached hydrogens (tertiary/aromatic N) is 2. The molecule has 1 aliphatic heterocycles. The summed E-state index contributed by atoms with van der Waals surface area (Å²) in [6.45, 7) is 1.58. The first-order valence-electron chi connectivity index (χ1n) is 9.33. The zero-order valence-corrected chi connectivity index (χ0v) is 14.7. The number of hydrogen-bond acceptors (Lipinski definition) is 4. The molecular formula is C19H28N4O2. The Bertz CT molecular complexity index is 601. The van der Waals surface area contributed by atoms with E-state index in [0.717, 1.165) is 25.8 Å². The normalized spacial score (nSPS) is 25.4. The Morgan fingerprint density at radius 1 is 1.24 bits per heavy atom. The first-order chi connectivity index (χ1) is 12.1. The number of likely N-dealkylation sites (tertiary alicyclic amines) is 1. The highest BCUT2D eigenvalue weighted by Crippen LogP contribution is 2.32. The molecule has 0 spiro atoms. The molecule has 2 aliphatic rings. The maximum atomic E-state index is 12.4. The van der Waals surface area contributed by atoms with E-state index < -0.39 is 5.41 Å². The van der Waals surface area contributed by atoms with Gasteiger partial charge < -0.3 is 11.1 Å². The van der Waals surface area contributed by atoms with Crippen LogP contribution in [0.25, 0.3) is 0 Å². The van der Waals surface area contributed by atoms with Gasteiger partial charge in [-0.25, -0.2) is 0 Å². The van der Waals surface area contributed by atoms with Crippen molar-refractivity contribution < 1.29 is 9.59 Å². The summed E-state index contributed by atoms with van der Waals surface area (Å²) in [5, 5.41) is 3.15. The lowest BCUT2D eigenvalue weighted by Gasteiger charge is -2.40. The van der Waals surface area contributed by atoms with Crippen LogP contribution in [0.1, 0.15) is 50.6 Å². The van der Waals surface area contributed by atoms with Crippen LogP contribution in [0.15, 0.2) is 24.4 Å². The van der Waals surface area contributed by atoms with Gasteiger partial charge in [0.25, 0.3) is 0 Å². The van der Waals surface area contributed by atoms with Gasteiger partial charge in [0.2, 0.25) is 11.8 Å². The fourth-order valence-electron chi connectivity index (χ4n) is 4.18. The van der Waals surface area contributed by atoms with Gasteiger partial charge in [-0.3, -0.25) is 19.5 Å². The second-order valence-corrected chi connectivity index (χ2v) is 7.38. The van der Waals surface area contributed by atoms with Crippen LogP contribution in [0.2, 0.25) is 0 Å². The first kappa shape index (κ1) is 17.9. The van der Waals surface area contributed by atoms with Gasteiger partial charge in [0.15, 0.2) is 0 Å². The number of piperidine rings is 1. The first-order valence-corrected chi connectivity index (χ1v) is 9.33. The number of aromatic nitrogens is 1. The number of rotatable bonds is 5. The molecule has 6 nitrogen and oxygen atoms in total. The topological polar surface area (TPSA) is 88.3 Å². The van der Waals surface area contributed by atoms with Crippen molar-refractivity contribution in [3.63, 3.8) is 0 Å². The molecule has 0 unspecified atom stereocenters. The van der Waals surface area contributed by atoms with E-state index in [2.05, 4.69) is 10.3 Å². The molecule has 0 radical (unpaired) electrons. The number of nitrogens with two attached hydrogens (primary N) is 1. The molecule has 136 valence electrons. The molecule has 2 heterocycles. The minimum Gasteiger partial charge on any atom is -0.369 e. The van der Waals surface area contributed by atoms with Gasteiger partial charge in [-0.15, -0.1) is 0 Å². The van der Waals surface area contributed by atoms with Crippen molar-refractivity contribution in [1.82, 2.24) is 15.2 Å². The largest absolute Gasteiger partial charge is 0.369 e. The van der Waals surface area contributed by atoms with Crippen molar-refractivity contribution in [2.45, 2.75) is 56.4 Å². The summed E-state index contributed by atoms with van der Waals surface area (Å²) in [6, 6.07) is 5.87. The molecule has 1 aromatic rings. The third-order valence-electron chi connectivity index (χ3n) is 5.54. The molecular weight excluding hydrogens is 316 g/mol. The summed E-state index contributed by atoms with van der Waals surface area (Å²) >= 11 is 0. The Labute approximate surface area is 149 Å². The predicted octanol–water partition coefficient (Wildman–Crippen LogP) is 1.35. The average Bonchev–Trinajstić information content (AvgIpc) is 2.63. The number of pyridine rings is 1. The standard InChI is InChI=1S/C19H28N4O2/c20-18(25)19(16-9-4-5-11-21-16)10-6-12-23(14-19)13-17(24)22-15-7-2-1-3-8-15/h4-5,9,11,15H,1-3,6-8,10,12-14H2,(H2,20,25)(H,22,24)/t19-/m0/s1. The Morgan fingerprint density at radius 3 is 2.72 bits per heavy atom. The van der Waals surface area contributed by atoms with E-state index in [4.69, 9.17) is 5.73 Å². The summed E-state index contributed by atoms with van der Waals surface area (Å²) in [6.07, 6.45) is 9.00. The van der Waals surface area contributed by atoms with E-state index in [-0.39, 0.29) is 11.8 Å². The molecule has 3 N–H and O–H groups in total. The zero-order valence-electron chi connectivity index (χ0n) is 14.7. The summed E-state index contributed by atoms with van der Waals surface area (Å²) in [5.74, 6) is -0.309. The number of carbonyl (C=O) groups excluding carboxylic acids is 2. The van der Waals surface area contributed by atoms with Crippen molar-refractivity contribution in [1.29, 1.82) is 0 Å². The van der Waals surface area contributed by atoms with Gasteiger partial charge >= 0.3 is 0 Å². The SMILES string of the molecule is NC(=O)[C@@]1(c2ccccn2)CCCN(CC(=O)NC2CCCCC2)C1. The van der Waals surface area contributed by atoms with Crippen molar-refractivity contribution in [2.75, 3.05) is 19.6 Å². The monoisotopic (exact) mass is 344 g/mol. The highest BCUT2D eigenvalue weighted by Gasteiger charge is 2.43. The van der Waals surface area contributed by atoms with E-state index in [0.29, 0.717) is 31.2 Å². The molecule has 2 amide bonds. The molecule has 0 aromatic carbocycles. The summed E-state index contributed by atoms with van der Waals surface area (Å²) in [5.41, 5.74) is 5.68. The number of carbonyl (C=O) groups is 2. The molecule has 2 fully saturated rings. The average molecular weight is 344 g/mol. The number of nitrogens with one attached hydrogen (secondary N) is 1. The van der Waals surface area contributed by atoms with Crippen LogP contribution in [-0.4, -0.2) is 47.4 Å². The second kappa shape index (κ2) is 7.95. The van der Waals surface area contributed by atoms with Gasteiger partial charge in [0.1, 0.15) is 5.41 Å². The number of hydrogen-bond donors (Lipinski definition) is 2. The molecule has 3 rings (SSSR count). The summed E-state index contributed by atoms with van der Waals surface area (Å²) in [4.78, 5) is 31.1. The van der Waals surface area contributed by atoms with Gasteiger partial charge in [0.05, 0.1) is 12.2 Å². The molecule has 1 aromatic heterocycles. The van der Waals surface area contributed by atoms with Gasteiger partial charge in [-0.05, 0) is 44.4 Å². The fourth-order valence-corrected chi connectivity index (χ4v) is 4.18. The van der Waals surface area contributed by atoms with Crippen LogP contribution < -0.4 is 11.1 Å². The fraction of sp³-hybridized carbons (Fsp3) is 0.632. The summed E-state index contributed by atoms with van der Waals surface area (Å²) in [7, 11) is 0. The molecule has 1 saturated carbocycles. The molecule has 6 heteroatoms. The smallest absolute Gasteiger partial charge is 0.234 e. The molecule has 0 bridgehead atoms. The van der Waals surface area contributed by atoms with Crippen molar-refractivity contribution in [2.24, 2.45) is 5.73 Å². The number of amides is 2. The van der Waals surface area contributed by atoms with E-state index in [1.165, 1.54) is 19.3 Å². The minimum absolute atomic E-state index is 0.0493. The third kappa shape index (κ3) is 4.18. The van der Waals surface area contributed by atoms with Crippen molar-refractivity contribution in [3.8, 4) is 0 Å². The maximum absolute atomic E-state index is 12.4. The van der Waals surface area contributed by atoms with E-state index in [9.17, 15) is 9.59 Å². The quantitative estimate of drug-likeness (QED) is 0.844.